The number of hydrogen-bond acceptors (Lipinski definition) is 5. The average Bonchev–Trinajstić information content (AvgIpc) is 3.16. The SMILES string of the molecule is COc1cccc(CN2CCN(C3CCCC3)[C@@H](CCO)C2)c1OC. The lowest BCUT2D eigenvalue weighted by Crippen LogP contribution is -2.56. The van der Waals surface area contributed by atoms with Crippen LogP contribution in [0.15, 0.2) is 18.2 Å². The molecular weight excluding hydrogens is 316 g/mol. The van der Waals surface area contributed by atoms with Gasteiger partial charge in [-0.2, -0.15) is 0 Å². The predicted octanol–water partition coefficient (Wildman–Crippen LogP) is 2.52. The minimum atomic E-state index is 0.268. The molecule has 140 valence electrons. The van der Waals surface area contributed by atoms with Crippen molar-refractivity contribution < 1.29 is 14.6 Å². The first-order valence-corrected chi connectivity index (χ1v) is 9.55. The molecule has 0 spiro atoms. The Kier molecular flexibility index (Phi) is 6.57. The average molecular weight is 348 g/mol. The maximum atomic E-state index is 9.52. The zero-order valence-electron chi connectivity index (χ0n) is 15.6. The van der Waals surface area contributed by atoms with Gasteiger partial charge in [-0.05, 0) is 25.3 Å². The lowest BCUT2D eigenvalue weighted by Gasteiger charge is -2.44. The van der Waals surface area contributed by atoms with E-state index in [1.807, 2.05) is 12.1 Å². The summed E-state index contributed by atoms with van der Waals surface area (Å²) in [4.78, 5) is 5.16. The Bertz CT molecular complexity index is 546. The summed E-state index contributed by atoms with van der Waals surface area (Å²) in [6, 6.07) is 7.26. The van der Waals surface area contributed by atoms with Crippen LogP contribution in [0.2, 0.25) is 0 Å². The van der Waals surface area contributed by atoms with Gasteiger partial charge in [0, 0.05) is 50.4 Å². The van der Waals surface area contributed by atoms with Gasteiger partial charge >= 0.3 is 0 Å². The van der Waals surface area contributed by atoms with Gasteiger partial charge in [0.25, 0.3) is 0 Å². The molecular formula is C20H32N2O3. The third-order valence-electron chi connectivity index (χ3n) is 5.75. The van der Waals surface area contributed by atoms with E-state index in [9.17, 15) is 5.11 Å². The Morgan fingerprint density at radius 2 is 1.92 bits per heavy atom. The van der Waals surface area contributed by atoms with E-state index in [1.54, 1.807) is 14.2 Å². The second-order valence-corrected chi connectivity index (χ2v) is 7.23. The van der Waals surface area contributed by atoms with Crippen molar-refractivity contribution in [2.45, 2.75) is 50.7 Å². The number of benzene rings is 1. The summed E-state index contributed by atoms with van der Waals surface area (Å²) in [6.45, 7) is 4.31. The van der Waals surface area contributed by atoms with Crippen molar-refractivity contribution in [3.63, 3.8) is 0 Å². The van der Waals surface area contributed by atoms with Gasteiger partial charge in [0.05, 0.1) is 14.2 Å². The largest absolute Gasteiger partial charge is 0.493 e. The van der Waals surface area contributed by atoms with E-state index in [1.165, 1.54) is 31.2 Å². The first kappa shape index (κ1) is 18.5. The van der Waals surface area contributed by atoms with E-state index in [0.29, 0.717) is 6.04 Å². The molecule has 1 heterocycles. The molecule has 0 unspecified atom stereocenters. The van der Waals surface area contributed by atoms with Crippen molar-refractivity contribution in [1.29, 1.82) is 0 Å². The van der Waals surface area contributed by atoms with Crippen LogP contribution in [-0.2, 0) is 6.54 Å². The third-order valence-corrected chi connectivity index (χ3v) is 5.75. The molecule has 5 heteroatoms. The van der Waals surface area contributed by atoms with E-state index in [2.05, 4.69) is 15.9 Å². The number of nitrogens with zero attached hydrogens (tertiary/aromatic N) is 2. The molecule has 1 atom stereocenters. The third kappa shape index (κ3) is 4.27. The number of para-hydroxylation sites is 1. The Morgan fingerprint density at radius 3 is 2.60 bits per heavy atom. The van der Waals surface area contributed by atoms with Gasteiger partial charge in [-0.1, -0.05) is 25.0 Å². The first-order valence-electron chi connectivity index (χ1n) is 9.55. The Morgan fingerprint density at radius 1 is 1.12 bits per heavy atom. The van der Waals surface area contributed by atoms with Crippen LogP contribution in [0.4, 0.5) is 0 Å². The standard InChI is InChI=1S/C20H32N2O3/c1-24-19-9-5-6-16(20(19)25-2)14-21-11-12-22(17-7-3-4-8-17)18(15-21)10-13-23/h5-6,9,17-18,23H,3-4,7-8,10-15H2,1-2H3/t18-/m0/s1. The summed E-state index contributed by atoms with van der Waals surface area (Å²) in [5, 5.41) is 9.52. The van der Waals surface area contributed by atoms with E-state index >= 15 is 0 Å². The normalized spacial score (nSPS) is 23.1. The van der Waals surface area contributed by atoms with Crippen LogP contribution in [0, 0.1) is 0 Å². The van der Waals surface area contributed by atoms with Crippen LogP contribution in [0.3, 0.4) is 0 Å². The molecule has 2 fully saturated rings. The second kappa shape index (κ2) is 8.88. The molecule has 1 aromatic rings. The van der Waals surface area contributed by atoms with Gasteiger partial charge in [0.15, 0.2) is 11.5 Å². The molecule has 1 N–H and O–H groups in total. The van der Waals surface area contributed by atoms with Crippen molar-refractivity contribution in [1.82, 2.24) is 9.80 Å². The summed E-state index contributed by atoms with van der Waals surface area (Å²) < 4.78 is 11.0. The van der Waals surface area contributed by atoms with Crippen LogP contribution in [0.25, 0.3) is 0 Å². The smallest absolute Gasteiger partial charge is 0.165 e. The van der Waals surface area contributed by atoms with E-state index in [-0.39, 0.29) is 6.61 Å². The quantitative estimate of drug-likeness (QED) is 0.820. The van der Waals surface area contributed by atoms with Gasteiger partial charge in [0.1, 0.15) is 0 Å². The van der Waals surface area contributed by atoms with Crippen LogP contribution < -0.4 is 9.47 Å². The molecule has 2 aliphatic rings. The fourth-order valence-corrected chi connectivity index (χ4v) is 4.52. The van der Waals surface area contributed by atoms with Gasteiger partial charge in [0.2, 0.25) is 0 Å². The summed E-state index contributed by atoms with van der Waals surface area (Å²) in [5.74, 6) is 1.62. The number of piperazine rings is 1. The van der Waals surface area contributed by atoms with Gasteiger partial charge in [-0.3, -0.25) is 9.80 Å². The Hall–Kier alpha value is -1.30. The minimum absolute atomic E-state index is 0.268. The second-order valence-electron chi connectivity index (χ2n) is 7.23. The molecule has 1 aromatic carbocycles. The summed E-state index contributed by atoms with van der Waals surface area (Å²) >= 11 is 0. The fraction of sp³-hybridized carbons (Fsp3) is 0.700. The molecule has 3 rings (SSSR count). The Labute approximate surface area is 151 Å². The summed E-state index contributed by atoms with van der Waals surface area (Å²) in [5.41, 5.74) is 1.17. The van der Waals surface area contributed by atoms with Gasteiger partial charge in [-0.25, -0.2) is 0 Å². The van der Waals surface area contributed by atoms with E-state index in [4.69, 9.17) is 9.47 Å². The molecule has 1 saturated heterocycles. The number of rotatable bonds is 7. The van der Waals surface area contributed by atoms with Crippen LogP contribution in [0.5, 0.6) is 11.5 Å². The van der Waals surface area contributed by atoms with Crippen LogP contribution >= 0.6 is 0 Å². The first-order chi connectivity index (χ1) is 12.3. The topological polar surface area (TPSA) is 45.2 Å². The lowest BCUT2D eigenvalue weighted by atomic mass is 10.0. The molecule has 5 nitrogen and oxygen atoms in total. The molecule has 1 saturated carbocycles. The van der Waals surface area contributed by atoms with Crippen LogP contribution in [-0.4, -0.2) is 67.5 Å². The van der Waals surface area contributed by atoms with Crippen molar-refractivity contribution in [2.75, 3.05) is 40.5 Å². The lowest BCUT2D eigenvalue weighted by molar-refractivity contribution is 0.0264. The highest BCUT2D eigenvalue weighted by Crippen LogP contribution is 2.33. The van der Waals surface area contributed by atoms with Crippen molar-refractivity contribution >= 4 is 0 Å². The molecule has 1 aliphatic heterocycles. The van der Waals surface area contributed by atoms with Crippen molar-refractivity contribution in [2.24, 2.45) is 0 Å². The minimum Gasteiger partial charge on any atom is -0.493 e. The Balaban J connectivity index is 1.68. The number of ether oxygens (including phenoxy) is 2. The zero-order chi connectivity index (χ0) is 17.6. The molecule has 0 aromatic heterocycles. The van der Waals surface area contributed by atoms with E-state index in [0.717, 1.165) is 50.1 Å². The van der Waals surface area contributed by atoms with Crippen molar-refractivity contribution in [3.05, 3.63) is 23.8 Å². The maximum Gasteiger partial charge on any atom is 0.165 e. The number of aliphatic hydroxyl groups is 1. The highest BCUT2D eigenvalue weighted by atomic mass is 16.5. The zero-order valence-corrected chi connectivity index (χ0v) is 15.6. The van der Waals surface area contributed by atoms with Crippen molar-refractivity contribution in [3.8, 4) is 11.5 Å². The van der Waals surface area contributed by atoms with Gasteiger partial charge < -0.3 is 14.6 Å². The molecule has 0 radical (unpaired) electrons. The van der Waals surface area contributed by atoms with Gasteiger partial charge in [-0.15, -0.1) is 0 Å². The number of hydrogen-bond donors (Lipinski definition) is 1. The summed E-state index contributed by atoms with van der Waals surface area (Å²) in [6.07, 6.45) is 6.23. The highest BCUT2D eigenvalue weighted by Gasteiger charge is 2.33. The van der Waals surface area contributed by atoms with E-state index < -0.39 is 0 Å². The number of methoxy groups -OCH3 is 2. The number of aliphatic hydroxyl groups excluding tert-OH is 1. The molecule has 25 heavy (non-hydrogen) atoms. The fourth-order valence-electron chi connectivity index (χ4n) is 4.52. The highest BCUT2D eigenvalue weighted by molar-refractivity contribution is 5.46. The molecule has 0 amide bonds. The van der Waals surface area contributed by atoms with Crippen LogP contribution in [0.1, 0.15) is 37.7 Å². The molecule has 1 aliphatic carbocycles. The maximum absolute atomic E-state index is 9.52. The monoisotopic (exact) mass is 348 g/mol. The predicted molar refractivity (Wildman–Crippen MR) is 99.3 cm³/mol. The summed E-state index contributed by atoms with van der Waals surface area (Å²) in [7, 11) is 3.38. The molecule has 0 bridgehead atoms.